The van der Waals surface area contributed by atoms with Crippen LogP contribution < -0.4 is 10.6 Å². The van der Waals surface area contributed by atoms with Crippen molar-refractivity contribution < 1.29 is 14.3 Å². The number of ether oxygens (including phenoxy) is 1. The van der Waals surface area contributed by atoms with Crippen LogP contribution in [0.2, 0.25) is 10.0 Å². The topological polar surface area (TPSA) is 86.5 Å². The lowest BCUT2D eigenvalue weighted by atomic mass is 10.2. The van der Waals surface area contributed by atoms with Gasteiger partial charge in [-0.2, -0.15) is 0 Å². The third-order valence-electron chi connectivity index (χ3n) is 5.35. The second-order valence-electron chi connectivity index (χ2n) is 7.64. The minimum absolute atomic E-state index is 0.0406. The zero-order chi connectivity index (χ0) is 22.5. The number of nitrogens with one attached hydrogen (secondary N) is 3. The van der Waals surface area contributed by atoms with Crippen molar-refractivity contribution in [3.63, 3.8) is 0 Å². The molecule has 0 aliphatic carbocycles. The van der Waals surface area contributed by atoms with E-state index in [0.717, 1.165) is 24.2 Å². The summed E-state index contributed by atoms with van der Waals surface area (Å²) >= 11 is 12.4. The van der Waals surface area contributed by atoms with Crippen LogP contribution in [-0.2, 0) is 16.1 Å². The molecule has 3 N–H and O–H groups in total. The number of hydrogen-bond donors (Lipinski definition) is 3. The second-order valence-corrected chi connectivity index (χ2v) is 8.45. The first-order chi connectivity index (χ1) is 15.5. The number of morpholine rings is 1. The molecule has 32 heavy (non-hydrogen) atoms. The number of carbonyl (C=O) groups is 2. The van der Waals surface area contributed by atoms with Gasteiger partial charge in [0, 0.05) is 54.2 Å². The van der Waals surface area contributed by atoms with Crippen molar-refractivity contribution in [2.24, 2.45) is 0 Å². The number of anilines is 1. The number of amides is 2. The lowest BCUT2D eigenvalue weighted by Gasteiger charge is -2.26. The summed E-state index contributed by atoms with van der Waals surface area (Å²) in [7, 11) is 0. The van der Waals surface area contributed by atoms with E-state index in [2.05, 4.69) is 20.5 Å². The number of rotatable bonds is 7. The molecule has 9 heteroatoms. The number of fused-ring (bicyclic) bond motifs is 1. The second kappa shape index (κ2) is 10.4. The fraction of sp³-hybridized carbons (Fsp3) is 0.304. The third kappa shape index (κ3) is 5.61. The Bertz CT molecular complexity index is 1130. The number of benzene rings is 2. The van der Waals surface area contributed by atoms with Gasteiger partial charge in [0.25, 0.3) is 5.91 Å². The van der Waals surface area contributed by atoms with Crippen LogP contribution in [0.3, 0.4) is 0 Å². The summed E-state index contributed by atoms with van der Waals surface area (Å²) < 4.78 is 5.32. The van der Waals surface area contributed by atoms with Crippen LogP contribution >= 0.6 is 23.2 Å². The summed E-state index contributed by atoms with van der Waals surface area (Å²) in [5.74, 6) is -0.358. The summed E-state index contributed by atoms with van der Waals surface area (Å²) in [5.41, 5.74) is 2.59. The van der Waals surface area contributed by atoms with Crippen molar-refractivity contribution in [1.82, 2.24) is 15.2 Å². The van der Waals surface area contributed by atoms with E-state index in [1.807, 2.05) is 24.3 Å². The maximum absolute atomic E-state index is 12.6. The van der Waals surface area contributed by atoms with Gasteiger partial charge in [-0.05, 0) is 35.9 Å². The molecule has 168 valence electrons. The van der Waals surface area contributed by atoms with Crippen LogP contribution in [0.25, 0.3) is 10.9 Å². The van der Waals surface area contributed by atoms with E-state index in [-0.39, 0.29) is 17.5 Å². The van der Waals surface area contributed by atoms with E-state index in [4.69, 9.17) is 27.9 Å². The van der Waals surface area contributed by atoms with Crippen molar-refractivity contribution in [2.45, 2.75) is 13.0 Å². The Morgan fingerprint density at radius 2 is 1.91 bits per heavy atom. The SMILES string of the molecule is O=C(CCN1CCOCC1)Nc1cccc(CNC(=O)c2[nH]c3ccc(Cl)cc3c2Cl)c1. The van der Waals surface area contributed by atoms with Crippen molar-refractivity contribution >= 4 is 51.6 Å². The summed E-state index contributed by atoms with van der Waals surface area (Å²) in [6.07, 6.45) is 0.420. The normalized spacial score (nSPS) is 14.4. The highest BCUT2D eigenvalue weighted by Crippen LogP contribution is 2.29. The maximum atomic E-state index is 12.6. The Kier molecular flexibility index (Phi) is 7.32. The van der Waals surface area contributed by atoms with Gasteiger partial charge in [0.1, 0.15) is 5.69 Å². The average Bonchev–Trinajstić information content (AvgIpc) is 3.13. The molecule has 1 aromatic heterocycles. The molecule has 3 aromatic rings. The smallest absolute Gasteiger partial charge is 0.269 e. The molecular formula is C23H24Cl2N4O3. The summed E-state index contributed by atoms with van der Waals surface area (Å²) in [5, 5.41) is 7.37. The van der Waals surface area contributed by atoms with Crippen molar-refractivity contribution in [2.75, 3.05) is 38.2 Å². The van der Waals surface area contributed by atoms with Crippen LogP contribution in [0.15, 0.2) is 42.5 Å². The van der Waals surface area contributed by atoms with Gasteiger partial charge < -0.3 is 20.4 Å². The number of nitrogens with zero attached hydrogens (tertiary/aromatic N) is 1. The largest absolute Gasteiger partial charge is 0.379 e. The molecule has 4 rings (SSSR count). The molecule has 0 saturated carbocycles. The lowest BCUT2D eigenvalue weighted by molar-refractivity contribution is -0.116. The molecule has 7 nitrogen and oxygen atoms in total. The first kappa shape index (κ1) is 22.6. The molecule has 1 aliphatic heterocycles. The van der Waals surface area contributed by atoms with Crippen molar-refractivity contribution in [1.29, 1.82) is 0 Å². The Balaban J connectivity index is 1.32. The zero-order valence-corrected chi connectivity index (χ0v) is 18.9. The van der Waals surface area contributed by atoms with Crippen LogP contribution in [0.5, 0.6) is 0 Å². The Morgan fingerprint density at radius 3 is 2.72 bits per heavy atom. The summed E-state index contributed by atoms with van der Waals surface area (Å²) in [6, 6.07) is 12.6. The molecular weight excluding hydrogens is 451 g/mol. The van der Waals surface area contributed by atoms with Gasteiger partial charge in [-0.1, -0.05) is 35.3 Å². The molecule has 1 fully saturated rings. The number of H-pyrrole nitrogens is 1. The standard InChI is InChI=1S/C23H24Cl2N4O3/c24-16-4-5-19-18(13-16)21(25)22(28-19)23(31)26-14-15-2-1-3-17(12-15)27-20(30)6-7-29-8-10-32-11-9-29/h1-5,12-13,28H,6-11,14H2,(H,26,31)(H,27,30). The molecule has 2 aromatic carbocycles. The number of halogens is 2. The molecule has 2 heterocycles. The first-order valence-corrected chi connectivity index (χ1v) is 11.2. The summed E-state index contributed by atoms with van der Waals surface area (Å²) in [6.45, 7) is 4.15. The molecule has 0 unspecified atom stereocenters. The molecule has 0 radical (unpaired) electrons. The van der Waals surface area contributed by atoms with E-state index in [1.165, 1.54) is 0 Å². The van der Waals surface area contributed by atoms with E-state index in [1.54, 1.807) is 18.2 Å². The van der Waals surface area contributed by atoms with Crippen LogP contribution in [0.4, 0.5) is 5.69 Å². The van der Waals surface area contributed by atoms with Gasteiger partial charge in [-0.25, -0.2) is 0 Å². The third-order valence-corrected chi connectivity index (χ3v) is 5.97. The fourth-order valence-corrected chi connectivity index (χ4v) is 4.09. The predicted molar refractivity (Wildman–Crippen MR) is 126 cm³/mol. The average molecular weight is 475 g/mol. The van der Waals surface area contributed by atoms with E-state index < -0.39 is 0 Å². The number of aromatic amines is 1. The quantitative estimate of drug-likeness (QED) is 0.481. The maximum Gasteiger partial charge on any atom is 0.269 e. The lowest BCUT2D eigenvalue weighted by Crippen LogP contribution is -2.38. The summed E-state index contributed by atoms with van der Waals surface area (Å²) in [4.78, 5) is 30.2. The van der Waals surface area contributed by atoms with E-state index in [0.29, 0.717) is 53.8 Å². The van der Waals surface area contributed by atoms with Gasteiger partial charge in [-0.15, -0.1) is 0 Å². The molecule has 2 amide bonds. The number of carbonyl (C=O) groups excluding carboxylic acids is 2. The minimum atomic E-state index is -0.317. The predicted octanol–water partition coefficient (Wildman–Crippen LogP) is 4.07. The zero-order valence-electron chi connectivity index (χ0n) is 17.4. The fourth-order valence-electron chi connectivity index (χ4n) is 3.63. The molecule has 0 spiro atoms. The molecule has 1 saturated heterocycles. The van der Waals surface area contributed by atoms with Crippen molar-refractivity contribution in [3.05, 3.63) is 63.8 Å². The van der Waals surface area contributed by atoms with Crippen molar-refractivity contribution in [3.8, 4) is 0 Å². The van der Waals surface area contributed by atoms with Crippen LogP contribution in [0, 0.1) is 0 Å². The highest BCUT2D eigenvalue weighted by Gasteiger charge is 2.17. The number of hydrogen-bond acceptors (Lipinski definition) is 4. The van der Waals surface area contributed by atoms with Gasteiger partial charge in [-0.3, -0.25) is 14.5 Å². The van der Waals surface area contributed by atoms with Gasteiger partial charge in [0.15, 0.2) is 0 Å². The molecule has 0 bridgehead atoms. The molecule has 1 aliphatic rings. The highest BCUT2D eigenvalue weighted by atomic mass is 35.5. The first-order valence-electron chi connectivity index (χ1n) is 10.4. The van der Waals surface area contributed by atoms with Crippen LogP contribution in [-0.4, -0.2) is 54.5 Å². The van der Waals surface area contributed by atoms with Gasteiger partial charge >= 0.3 is 0 Å². The Labute approximate surface area is 196 Å². The van der Waals surface area contributed by atoms with Crippen LogP contribution in [0.1, 0.15) is 22.5 Å². The van der Waals surface area contributed by atoms with E-state index >= 15 is 0 Å². The minimum Gasteiger partial charge on any atom is -0.379 e. The Hall–Kier alpha value is -2.58. The Morgan fingerprint density at radius 1 is 1.09 bits per heavy atom. The highest BCUT2D eigenvalue weighted by molar-refractivity contribution is 6.39. The van der Waals surface area contributed by atoms with E-state index in [9.17, 15) is 9.59 Å². The molecule has 0 atom stereocenters. The van der Waals surface area contributed by atoms with Gasteiger partial charge in [0.05, 0.1) is 18.2 Å². The monoisotopic (exact) mass is 474 g/mol. The number of aromatic nitrogens is 1. The van der Waals surface area contributed by atoms with Gasteiger partial charge in [0.2, 0.25) is 5.91 Å².